The summed E-state index contributed by atoms with van der Waals surface area (Å²) in [5.41, 5.74) is 0. The highest BCUT2D eigenvalue weighted by Crippen LogP contribution is 2.30. The van der Waals surface area contributed by atoms with Crippen molar-refractivity contribution in [1.29, 1.82) is 0 Å². The number of thioether (sulfide) groups is 1. The highest BCUT2D eigenvalue weighted by molar-refractivity contribution is 7.99. The number of aliphatic carboxylic acids is 1. The largest absolute Gasteiger partial charge is 0.508 e. The summed E-state index contributed by atoms with van der Waals surface area (Å²) in [6, 6.07) is 6.32. The minimum absolute atomic E-state index is 0.171. The smallest absolute Gasteiger partial charge is 0.310 e. The molecule has 18 heavy (non-hydrogen) atoms. The van der Waals surface area contributed by atoms with Crippen LogP contribution in [0.4, 0.5) is 0 Å². The van der Waals surface area contributed by atoms with E-state index < -0.39 is 11.9 Å². The van der Waals surface area contributed by atoms with Crippen molar-refractivity contribution in [2.75, 3.05) is 18.1 Å². The van der Waals surface area contributed by atoms with Gasteiger partial charge >= 0.3 is 5.97 Å². The Kier molecular flexibility index (Phi) is 4.36. The molecule has 4 nitrogen and oxygen atoms in total. The summed E-state index contributed by atoms with van der Waals surface area (Å²) in [4.78, 5) is 11.2. The van der Waals surface area contributed by atoms with E-state index >= 15 is 0 Å². The third kappa shape index (κ3) is 3.32. The predicted octanol–water partition coefficient (Wildman–Crippen LogP) is 2.22. The van der Waals surface area contributed by atoms with Crippen molar-refractivity contribution in [1.82, 2.24) is 0 Å². The molecule has 1 aliphatic heterocycles. The molecular weight excluding hydrogens is 252 g/mol. The molecule has 0 saturated carbocycles. The number of hydrogen-bond donors (Lipinski definition) is 2. The maximum Gasteiger partial charge on any atom is 0.310 e. The number of rotatable bonds is 5. The fourth-order valence-corrected chi connectivity index (χ4v) is 3.35. The number of aromatic hydroxyl groups is 1. The van der Waals surface area contributed by atoms with Gasteiger partial charge in [0.1, 0.15) is 18.1 Å². The minimum atomic E-state index is -0.790. The maximum absolute atomic E-state index is 11.2. The average Bonchev–Trinajstić information content (AvgIpc) is 2.85. The molecule has 1 fully saturated rings. The van der Waals surface area contributed by atoms with Crippen molar-refractivity contribution in [3.8, 4) is 11.5 Å². The molecule has 0 bridgehead atoms. The summed E-state index contributed by atoms with van der Waals surface area (Å²) in [6.07, 6.45) is 0.945. The summed E-state index contributed by atoms with van der Waals surface area (Å²) in [5.74, 6) is 1.65. The molecule has 1 heterocycles. The molecule has 2 rings (SSSR count). The van der Waals surface area contributed by atoms with Gasteiger partial charge in [-0.3, -0.25) is 4.79 Å². The molecule has 2 atom stereocenters. The number of phenolic OH excluding ortho intramolecular Hbond substituents is 1. The second kappa shape index (κ2) is 6.00. The van der Waals surface area contributed by atoms with Gasteiger partial charge in [-0.25, -0.2) is 0 Å². The van der Waals surface area contributed by atoms with Gasteiger partial charge in [-0.05, 0) is 48.1 Å². The van der Waals surface area contributed by atoms with E-state index in [0.29, 0.717) is 5.75 Å². The van der Waals surface area contributed by atoms with Crippen LogP contribution < -0.4 is 4.74 Å². The first-order chi connectivity index (χ1) is 8.66. The van der Waals surface area contributed by atoms with Crippen molar-refractivity contribution in [2.45, 2.75) is 6.42 Å². The lowest BCUT2D eigenvalue weighted by atomic mass is 9.93. The summed E-state index contributed by atoms with van der Waals surface area (Å²) in [5, 5.41) is 18.4. The van der Waals surface area contributed by atoms with Crippen LogP contribution in [0.25, 0.3) is 0 Å². The van der Waals surface area contributed by atoms with Crippen molar-refractivity contribution in [3.63, 3.8) is 0 Å². The molecule has 2 unspecified atom stereocenters. The second-order valence-electron chi connectivity index (χ2n) is 4.37. The quantitative estimate of drug-likeness (QED) is 0.857. The Morgan fingerprint density at radius 2 is 2.17 bits per heavy atom. The minimum Gasteiger partial charge on any atom is -0.508 e. The van der Waals surface area contributed by atoms with E-state index in [1.54, 1.807) is 23.9 Å². The Morgan fingerprint density at radius 1 is 1.44 bits per heavy atom. The molecule has 5 heteroatoms. The maximum atomic E-state index is 11.2. The van der Waals surface area contributed by atoms with Gasteiger partial charge in [0.15, 0.2) is 0 Å². The molecule has 2 N–H and O–H groups in total. The normalized spacial score (nSPS) is 20.6. The number of ether oxygens (including phenoxy) is 1. The van der Waals surface area contributed by atoms with E-state index in [1.807, 2.05) is 0 Å². The first-order valence-corrected chi connectivity index (χ1v) is 7.04. The standard InChI is InChI=1S/C13H16O4S/c14-10-1-3-11(4-2-10)17-7-12(13(15)16)9-5-6-18-8-9/h1-4,9,12,14H,5-8H2,(H,15,16). The fourth-order valence-electron chi connectivity index (χ4n) is 2.01. The Hall–Kier alpha value is -1.36. The van der Waals surface area contributed by atoms with E-state index in [4.69, 9.17) is 9.84 Å². The molecule has 0 radical (unpaired) electrons. The number of phenols is 1. The van der Waals surface area contributed by atoms with Crippen LogP contribution in [0, 0.1) is 11.8 Å². The van der Waals surface area contributed by atoms with Gasteiger partial charge in [0, 0.05) is 0 Å². The van der Waals surface area contributed by atoms with E-state index in [9.17, 15) is 9.90 Å². The molecule has 1 aliphatic rings. The number of carboxylic acid groups (broad SMARTS) is 1. The van der Waals surface area contributed by atoms with E-state index in [0.717, 1.165) is 17.9 Å². The Morgan fingerprint density at radius 3 is 2.72 bits per heavy atom. The molecular formula is C13H16O4S. The highest BCUT2D eigenvalue weighted by Gasteiger charge is 2.31. The van der Waals surface area contributed by atoms with Crippen LogP contribution in [0.15, 0.2) is 24.3 Å². The number of carbonyl (C=O) groups is 1. The van der Waals surface area contributed by atoms with Crippen LogP contribution in [0.3, 0.4) is 0 Å². The van der Waals surface area contributed by atoms with Crippen LogP contribution in [0.1, 0.15) is 6.42 Å². The van der Waals surface area contributed by atoms with Crippen LogP contribution in [0.2, 0.25) is 0 Å². The van der Waals surface area contributed by atoms with Gasteiger partial charge in [-0.15, -0.1) is 0 Å². The molecule has 0 aromatic heterocycles. The van der Waals surface area contributed by atoms with Crippen molar-refractivity contribution in [3.05, 3.63) is 24.3 Å². The summed E-state index contributed by atoms with van der Waals surface area (Å²) >= 11 is 1.80. The lowest BCUT2D eigenvalue weighted by Gasteiger charge is -2.19. The molecule has 0 amide bonds. The first kappa shape index (κ1) is 13.1. The summed E-state index contributed by atoms with van der Waals surface area (Å²) < 4.78 is 5.50. The number of carboxylic acids is 1. The first-order valence-electron chi connectivity index (χ1n) is 5.89. The van der Waals surface area contributed by atoms with Crippen LogP contribution in [-0.2, 0) is 4.79 Å². The van der Waals surface area contributed by atoms with Gasteiger partial charge < -0.3 is 14.9 Å². The topological polar surface area (TPSA) is 66.8 Å². The SMILES string of the molecule is O=C(O)C(COc1ccc(O)cc1)C1CCSC1. The summed E-state index contributed by atoms with van der Waals surface area (Å²) in [7, 11) is 0. The number of hydrogen-bond acceptors (Lipinski definition) is 4. The molecule has 1 saturated heterocycles. The lowest BCUT2D eigenvalue weighted by molar-refractivity contribution is -0.144. The van der Waals surface area contributed by atoms with E-state index in [-0.39, 0.29) is 18.3 Å². The van der Waals surface area contributed by atoms with Gasteiger partial charge in [0.25, 0.3) is 0 Å². The zero-order valence-electron chi connectivity index (χ0n) is 9.91. The fraction of sp³-hybridized carbons (Fsp3) is 0.462. The van der Waals surface area contributed by atoms with Gasteiger partial charge in [-0.2, -0.15) is 11.8 Å². The van der Waals surface area contributed by atoms with Crippen molar-refractivity contribution >= 4 is 17.7 Å². The van der Waals surface area contributed by atoms with Crippen molar-refractivity contribution in [2.24, 2.45) is 11.8 Å². The molecule has 0 aliphatic carbocycles. The Balaban J connectivity index is 1.93. The van der Waals surface area contributed by atoms with Crippen LogP contribution in [0.5, 0.6) is 11.5 Å². The van der Waals surface area contributed by atoms with Gasteiger partial charge in [-0.1, -0.05) is 0 Å². The third-order valence-corrected chi connectivity index (χ3v) is 4.31. The highest BCUT2D eigenvalue weighted by atomic mass is 32.2. The van der Waals surface area contributed by atoms with E-state index in [1.165, 1.54) is 12.1 Å². The van der Waals surface area contributed by atoms with Gasteiger partial charge in [0.2, 0.25) is 0 Å². The number of benzene rings is 1. The van der Waals surface area contributed by atoms with Crippen LogP contribution >= 0.6 is 11.8 Å². The molecule has 98 valence electrons. The van der Waals surface area contributed by atoms with Gasteiger partial charge in [0.05, 0.1) is 5.92 Å². The average molecular weight is 268 g/mol. The Bertz CT molecular complexity index is 398. The lowest BCUT2D eigenvalue weighted by Crippen LogP contribution is -2.29. The van der Waals surface area contributed by atoms with Crippen LogP contribution in [-0.4, -0.2) is 34.3 Å². The molecule has 0 spiro atoms. The predicted molar refractivity (Wildman–Crippen MR) is 70.2 cm³/mol. The molecule has 1 aromatic carbocycles. The third-order valence-electron chi connectivity index (χ3n) is 3.12. The zero-order valence-corrected chi connectivity index (χ0v) is 10.7. The summed E-state index contributed by atoms with van der Waals surface area (Å²) in [6.45, 7) is 0.186. The second-order valence-corrected chi connectivity index (χ2v) is 5.52. The zero-order chi connectivity index (χ0) is 13.0. The van der Waals surface area contributed by atoms with E-state index in [2.05, 4.69) is 0 Å². The Labute approximate surface area is 110 Å². The van der Waals surface area contributed by atoms with Crippen molar-refractivity contribution < 1.29 is 19.7 Å². The monoisotopic (exact) mass is 268 g/mol. The molecule has 1 aromatic rings.